The third-order valence-corrected chi connectivity index (χ3v) is 7.10. The SMILES string of the molecule is CCCCCCCC/C=C\CCCCCCC/C=C\CCCCCOP(=O)(O)OCC[N+](C)(C)C. The highest BCUT2D eigenvalue weighted by molar-refractivity contribution is 7.47. The smallest absolute Gasteiger partial charge is 0.329 e. The van der Waals surface area contributed by atoms with E-state index in [2.05, 4.69) is 31.2 Å². The minimum Gasteiger partial charge on any atom is -0.329 e. The first kappa shape index (κ1) is 34.6. The summed E-state index contributed by atoms with van der Waals surface area (Å²) in [5, 5.41) is 0. The van der Waals surface area contributed by atoms with E-state index in [0.29, 0.717) is 11.0 Å². The Balaban J connectivity index is 3.35. The number of hydrogen-bond donors (Lipinski definition) is 1. The third kappa shape index (κ3) is 29.7. The van der Waals surface area contributed by atoms with Crippen LogP contribution in [0.5, 0.6) is 0 Å². The number of nitrogens with zero attached hydrogens (tertiary/aromatic N) is 1. The number of phosphoric acid groups is 1. The van der Waals surface area contributed by atoms with Crippen molar-refractivity contribution in [3.8, 4) is 0 Å². The monoisotopic (exact) mass is 516 g/mol. The number of likely N-dealkylation sites (N-methyl/N-ethyl adjacent to an activating group) is 1. The predicted octanol–water partition coefficient (Wildman–Crippen LogP) is 8.98. The Labute approximate surface area is 218 Å². The molecule has 0 saturated heterocycles. The second-order valence-electron chi connectivity index (χ2n) is 10.8. The van der Waals surface area contributed by atoms with Gasteiger partial charge in [0.1, 0.15) is 13.2 Å². The average molecular weight is 517 g/mol. The zero-order chi connectivity index (χ0) is 26.1. The minimum absolute atomic E-state index is 0.221. The van der Waals surface area contributed by atoms with Crippen molar-refractivity contribution >= 4 is 7.82 Å². The molecule has 35 heavy (non-hydrogen) atoms. The van der Waals surface area contributed by atoms with Crippen LogP contribution in [0.1, 0.15) is 122 Å². The summed E-state index contributed by atoms with van der Waals surface area (Å²) in [6.45, 7) is 3.43. The summed E-state index contributed by atoms with van der Waals surface area (Å²) in [4.78, 5) is 9.67. The quantitative estimate of drug-likeness (QED) is 0.0539. The zero-order valence-corrected chi connectivity index (χ0v) is 24.6. The summed E-state index contributed by atoms with van der Waals surface area (Å²) in [5.74, 6) is 0. The molecule has 0 rings (SSSR count). The lowest BCUT2D eigenvalue weighted by atomic mass is 10.1. The summed E-state index contributed by atoms with van der Waals surface area (Å²) in [6.07, 6.45) is 32.0. The first-order valence-electron chi connectivity index (χ1n) is 14.5. The van der Waals surface area contributed by atoms with Gasteiger partial charge in [-0.1, -0.05) is 89.0 Å². The highest BCUT2D eigenvalue weighted by atomic mass is 31.2. The van der Waals surface area contributed by atoms with Gasteiger partial charge in [-0.05, 0) is 57.8 Å². The van der Waals surface area contributed by atoms with Crippen LogP contribution in [0.15, 0.2) is 24.3 Å². The van der Waals surface area contributed by atoms with Gasteiger partial charge in [0.2, 0.25) is 0 Å². The van der Waals surface area contributed by atoms with Crippen molar-refractivity contribution in [3.05, 3.63) is 24.3 Å². The number of phosphoric ester groups is 1. The summed E-state index contributed by atoms with van der Waals surface area (Å²) >= 11 is 0. The first-order valence-corrected chi connectivity index (χ1v) is 16.0. The Morgan fingerprint density at radius 1 is 0.600 bits per heavy atom. The van der Waals surface area contributed by atoms with E-state index in [0.717, 1.165) is 25.7 Å². The lowest BCUT2D eigenvalue weighted by Crippen LogP contribution is -2.37. The van der Waals surface area contributed by atoms with Gasteiger partial charge in [-0.3, -0.25) is 9.05 Å². The van der Waals surface area contributed by atoms with Crippen LogP contribution in [0.2, 0.25) is 0 Å². The fraction of sp³-hybridized carbons (Fsp3) is 0.862. The molecule has 0 aliphatic heterocycles. The van der Waals surface area contributed by atoms with Gasteiger partial charge in [0.05, 0.1) is 27.7 Å². The minimum atomic E-state index is -3.90. The van der Waals surface area contributed by atoms with Crippen molar-refractivity contribution in [1.82, 2.24) is 0 Å². The maximum absolute atomic E-state index is 11.8. The number of hydrogen-bond acceptors (Lipinski definition) is 3. The molecule has 1 unspecified atom stereocenters. The molecule has 0 fully saturated rings. The van der Waals surface area contributed by atoms with Crippen LogP contribution >= 0.6 is 7.82 Å². The maximum Gasteiger partial charge on any atom is 0.472 e. The molecular weight excluding hydrogens is 457 g/mol. The Bertz CT molecular complexity index is 557. The molecule has 6 heteroatoms. The Kier molecular flexibility index (Phi) is 23.6. The molecule has 5 nitrogen and oxygen atoms in total. The van der Waals surface area contributed by atoms with Gasteiger partial charge in [-0.15, -0.1) is 0 Å². The van der Waals surface area contributed by atoms with Crippen molar-refractivity contribution in [2.75, 3.05) is 40.9 Å². The maximum atomic E-state index is 11.8. The molecule has 0 bridgehead atoms. The van der Waals surface area contributed by atoms with Crippen molar-refractivity contribution < 1.29 is 23.0 Å². The molecule has 208 valence electrons. The van der Waals surface area contributed by atoms with E-state index in [1.165, 1.54) is 89.9 Å². The molecule has 0 aromatic heterocycles. The molecule has 0 heterocycles. The van der Waals surface area contributed by atoms with E-state index >= 15 is 0 Å². The number of rotatable bonds is 26. The Hall–Kier alpha value is -0.450. The van der Waals surface area contributed by atoms with Crippen LogP contribution in [0.25, 0.3) is 0 Å². The first-order chi connectivity index (χ1) is 16.8. The molecule has 0 aliphatic rings. The largest absolute Gasteiger partial charge is 0.472 e. The Morgan fingerprint density at radius 3 is 1.40 bits per heavy atom. The molecule has 0 spiro atoms. The van der Waals surface area contributed by atoms with Crippen LogP contribution in [0.3, 0.4) is 0 Å². The van der Waals surface area contributed by atoms with Crippen LogP contribution in [0.4, 0.5) is 0 Å². The summed E-state index contributed by atoms with van der Waals surface area (Å²) in [6, 6.07) is 0. The van der Waals surface area contributed by atoms with Gasteiger partial charge in [0.25, 0.3) is 0 Å². The van der Waals surface area contributed by atoms with Crippen molar-refractivity contribution in [2.24, 2.45) is 0 Å². The van der Waals surface area contributed by atoms with Crippen molar-refractivity contribution in [1.29, 1.82) is 0 Å². The van der Waals surface area contributed by atoms with E-state index in [1.807, 2.05) is 21.1 Å². The second-order valence-corrected chi connectivity index (χ2v) is 12.3. The van der Waals surface area contributed by atoms with E-state index in [-0.39, 0.29) is 13.2 Å². The van der Waals surface area contributed by atoms with E-state index in [4.69, 9.17) is 9.05 Å². The molecule has 1 N–H and O–H groups in total. The summed E-state index contributed by atoms with van der Waals surface area (Å²) in [5.41, 5.74) is 0. The van der Waals surface area contributed by atoms with E-state index < -0.39 is 7.82 Å². The van der Waals surface area contributed by atoms with Gasteiger partial charge in [0.15, 0.2) is 0 Å². The highest BCUT2D eigenvalue weighted by Crippen LogP contribution is 2.43. The lowest BCUT2D eigenvalue weighted by molar-refractivity contribution is -0.870. The normalized spacial score (nSPS) is 14.3. The lowest BCUT2D eigenvalue weighted by Gasteiger charge is -2.24. The zero-order valence-electron chi connectivity index (χ0n) is 23.7. The average Bonchev–Trinajstić information content (AvgIpc) is 2.78. The fourth-order valence-electron chi connectivity index (χ4n) is 3.76. The van der Waals surface area contributed by atoms with Crippen LogP contribution in [0, 0.1) is 0 Å². The number of allylic oxidation sites excluding steroid dienone is 4. The van der Waals surface area contributed by atoms with Crippen LogP contribution in [-0.2, 0) is 13.6 Å². The summed E-state index contributed by atoms with van der Waals surface area (Å²) < 4.78 is 22.6. The van der Waals surface area contributed by atoms with E-state index in [1.54, 1.807) is 0 Å². The predicted molar refractivity (Wildman–Crippen MR) is 152 cm³/mol. The van der Waals surface area contributed by atoms with E-state index in [9.17, 15) is 9.46 Å². The summed E-state index contributed by atoms with van der Waals surface area (Å²) in [7, 11) is 2.14. The van der Waals surface area contributed by atoms with Gasteiger partial charge in [-0.2, -0.15) is 0 Å². The second kappa shape index (κ2) is 23.9. The molecule has 0 aromatic rings. The molecule has 0 saturated carbocycles. The Morgan fingerprint density at radius 2 is 0.971 bits per heavy atom. The highest BCUT2D eigenvalue weighted by Gasteiger charge is 2.21. The molecular formula is C29H59NO4P+. The molecule has 0 radical (unpaired) electrons. The molecule has 0 aromatic carbocycles. The molecule has 0 aliphatic carbocycles. The third-order valence-electron chi connectivity index (χ3n) is 6.09. The van der Waals surface area contributed by atoms with Crippen molar-refractivity contribution in [2.45, 2.75) is 122 Å². The molecule has 1 atom stereocenters. The van der Waals surface area contributed by atoms with Gasteiger partial charge >= 0.3 is 7.82 Å². The van der Waals surface area contributed by atoms with Crippen LogP contribution < -0.4 is 0 Å². The van der Waals surface area contributed by atoms with Gasteiger partial charge in [0, 0.05) is 0 Å². The van der Waals surface area contributed by atoms with Gasteiger partial charge in [-0.25, -0.2) is 4.57 Å². The van der Waals surface area contributed by atoms with Crippen LogP contribution in [-0.4, -0.2) is 50.3 Å². The van der Waals surface area contributed by atoms with Gasteiger partial charge < -0.3 is 9.38 Å². The topological polar surface area (TPSA) is 55.8 Å². The number of quaternary nitrogens is 1. The standard InChI is InChI=1S/C29H58NO4P/c1-5-6-7-8-9-10-11-12-13-14-15-16-17-18-19-20-21-22-23-24-25-26-28-33-35(31,32)34-29-27-30(2,3)4/h12-13,21-22H,5-11,14-20,23-29H2,1-4H3/p+1/b13-12-,22-21-. The fourth-order valence-corrected chi connectivity index (χ4v) is 4.50. The molecule has 0 amide bonds. The number of unbranched alkanes of at least 4 members (excludes halogenated alkanes) is 15. The van der Waals surface area contributed by atoms with Crippen molar-refractivity contribution in [3.63, 3.8) is 0 Å².